The molecule has 1 aromatic heterocycles. The van der Waals surface area contributed by atoms with E-state index in [1.54, 1.807) is 0 Å². The van der Waals surface area contributed by atoms with E-state index in [2.05, 4.69) is 46.5 Å². The molecule has 1 heterocycles. The number of nitrogens with one attached hydrogen (secondary N) is 2. The minimum atomic E-state index is -0.117. The Morgan fingerprint density at radius 1 is 1.32 bits per heavy atom. The molecule has 1 atom stereocenters. The van der Waals surface area contributed by atoms with Crippen molar-refractivity contribution in [2.45, 2.75) is 18.1 Å². The lowest BCUT2D eigenvalue weighted by molar-refractivity contribution is 0.660. The van der Waals surface area contributed by atoms with Crippen molar-refractivity contribution in [1.82, 2.24) is 15.3 Å². The molecular weight excluding hydrogens is 258 g/mol. The molecule has 2 N–H and O–H groups in total. The summed E-state index contributed by atoms with van der Waals surface area (Å²) in [5, 5.41) is 3.93. The van der Waals surface area contributed by atoms with Crippen molar-refractivity contribution in [3.63, 3.8) is 0 Å². The molecule has 0 radical (unpaired) electrons. The highest BCUT2D eigenvalue weighted by Gasteiger charge is 2.10. The zero-order valence-electron chi connectivity index (χ0n) is 11.0. The van der Waals surface area contributed by atoms with Crippen LogP contribution in [0.3, 0.4) is 0 Å². The summed E-state index contributed by atoms with van der Waals surface area (Å²) in [6, 6.07) is 10.1. The number of hydrogen-bond acceptors (Lipinski definition) is 4. The fourth-order valence-electron chi connectivity index (χ4n) is 1.73. The maximum absolute atomic E-state index is 11.2. The second-order valence-electron chi connectivity index (χ2n) is 4.30. The molecule has 2 aromatic rings. The molecule has 0 aliphatic heterocycles. The van der Waals surface area contributed by atoms with Crippen molar-refractivity contribution in [3.8, 4) is 0 Å². The first-order valence-corrected chi connectivity index (χ1v) is 7.09. The lowest BCUT2D eigenvalue weighted by Gasteiger charge is -2.16. The van der Waals surface area contributed by atoms with Gasteiger partial charge in [0.2, 0.25) is 0 Å². The van der Waals surface area contributed by atoms with E-state index in [0.717, 1.165) is 5.75 Å². The Hall–Kier alpha value is -1.59. The maximum Gasteiger partial charge on any atom is 0.251 e. The number of thioether (sulfide) groups is 1. The second kappa shape index (κ2) is 6.54. The fraction of sp³-hybridized carbons (Fsp3) is 0.286. The molecular formula is C14H17N3OS. The minimum absolute atomic E-state index is 0.117. The maximum atomic E-state index is 11.2. The van der Waals surface area contributed by atoms with Gasteiger partial charge in [-0.25, -0.2) is 4.98 Å². The van der Waals surface area contributed by atoms with Gasteiger partial charge in [0, 0.05) is 24.1 Å². The molecule has 4 nitrogen and oxygen atoms in total. The van der Waals surface area contributed by atoms with Crippen LogP contribution in [0.15, 0.2) is 46.5 Å². The number of aromatic amines is 1. The number of hydrogen-bond donors (Lipinski definition) is 2. The highest BCUT2D eigenvalue weighted by molar-refractivity contribution is 7.99. The Morgan fingerprint density at radius 3 is 2.68 bits per heavy atom. The van der Waals surface area contributed by atoms with Crippen LogP contribution < -0.4 is 10.9 Å². The van der Waals surface area contributed by atoms with Crippen molar-refractivity contribution in [2.24, 2.45) is 0 Å². The third-order valence-corrected chi connectivity index (χ3v) is 3.84. The molecule has 0 saturated heterocycles. The van der Waals surface area contributed by atoms with Gasteiger partial charge in [-0.05, 0) is 19.5 Å². The Labute approximate surface area is 116 Å². The molecule has 0 aliphatic rings. The average Bonchev–Trinajstić information content (AvgIpc) is 2.41. The SMILES string of the molecule is CNC(CSc1nccc(=O)[nH]1)c1ccc(C)cc1. The molecule has 2 rings (SSSR count). The number of aryl methyl sites for hydroxylation is 1. The van der Waals surface area contributed by atoms with E-state index in [4.69, 9.17) is 0 Å². The van der Waals surface area contributed by atoms with Crippen molar-refractivity contribution >= 4 is 11.8 Å². The van der Waals surface area contributed by atoms with Gasteiger partial charge in [0.1, 0.15) is 0 Å². The lowest BCUT2D eigenvalue weighted by atomic mass is 10.1. The van der Waals surface area contributed by atoms with Gasteiger partial charge in [-0.1, -0.05) is 41.6 Å². The summed E-state index contributed by atoms with van der Waals surface area (Å²) in [4.78, 5) is 18.0. The van der Waals surface area contributed by atoms with Crippen molar-refractivity contribution < 1.29 is 0 Å². The quantitative estimate of drug-likeness (QED) is 0.648. The highest BCUT2D eigenvalue weighted by Crippen LogP contribution is 2.21. The summed E-state index contributed by atoms with van der Waals surface area (Å²) >= 11 is 1.54. The van der Waals surface area contributed by atoms with E-state index in [-0.39, 0.29) is 11.6 Å². The van der Waals surface area contributed by atoms with Crippen molar-refractivity contribution in [3.05, 3.63) is 58.0 Å². The van der Waals surface area contributed by atoms with E-state index >= 15 is 0 Å². The molecule has 0 spiro atoms. The van der Waals surface area contributed by atoms with Crippen LogP contribution in [-0.4, -0.2) is 22.8 Å². The summed E-state index contributed by atoms with van der Waals surface area (Å²) < 4.78 is 0. The molecule has 0 aliphatic carbocycles. The molecule has 0 bridgehead atoms. The fourth-order valence-corrected chi connectivity index (χ4v) is 2.72. The zero-order valence-corrected chi connectivity index (χ0v) is 11.8. The number of aromatic nitrogens is 2. The van der Waals surface area contributed by atoms with Gasteiger partial charge in [0.25, 0.3) is 5.56 Å². The normalized spacial score (nSPS) is 12.3. The van der Waals surface area contributed by atoms with Crippen LogP contribution in [0.4, 0.5) is 0 Å². The molecule has 0 saturated carbocycles. The first-order chi connectivity index (χ1) is 9.19. The van der Waals surface area contributed by atoms with Crippen molar-refractivity contribution in [1.29, 1.82) is 0 Å². The van der Waals surface area contributed by atoms with Gasteiger partial charge in [-0.2, -0.15) is 0 Å². The number of H-pyrrole nitrogens is 1. The van der Waals surface area contributed by atoms with E-state index < -0.39 is 0 Å². The summed E-state index contributed by atoms with van der Waals surface area (Å²) in [5.41, 5.74) is 2.37. The largest absolute Gasteiger partial charge is 0.312 e. The molecule has 19 heavy (non-hydrogen) atoms. The minimum Gasteiger partial charge on any atom is -0.312 e. The van der Waals surface area contributed by atoms with Gasteiger partial charge in [0.15, 0.2) is 5.16 Å². The van der Waals surface area contributed by atoms with Crippen LogP contribution in [0.5, 0.6) is 0 Å². The molecule has 1 aromatic carbocycles. The molecule has 1 unspecified atom stereocenters. The van der Waals surface area contributed by atoms with Gasteiger partial charge >= 0.3 is 0 Å². The second-order valence-corrected chi connectivity index (χ2v) is 5.31. The summed E-state index contributed by atoms with van der Waals surface area (Å²) in [6.45, 7) is 2.07. The van der Waals surface area contributed by atoms with Gasteiger partial charge < -0.3 is 10.3 Å². The Morgan fingerprint density at radius 2 is 2.05 bits per heavy atom. The molecule has 5 heteroatoms. The topological polar surface area (TPSA) is 57.8 Å². The number of nitrogens with zero attached hydrogens (tertiary/aromatic N) is 1. The molecule has 0 fully saturated rings. The monoisotopic (exact) mass is 275 g/mol. The number of benzene rings is 1. The van der Waals surface area contributed by atoms with Gasteiger partial charge in [0.05, 0.1) is 0 Å². The summed E-state index contributed by atoms with van der Waals surface area (Å²) in [6.07, 6.45) is 1.53. The zero-order chi connectivity index (χ0) is 13.7. The van der Waals surface area contributed by atoms with Crippen LogP contribution in [0.1, 0.15) is 17.2 Å². The standard InChI is InChI=1S/C14H17N3OS/c1-10-3-5-11(6-4-10)12(15-2)9-19-14-16-8-7-13(18)17-14/h3-8,12,15H,9H2,1-2H3,(H,16,17,18). The third kappa shape index (κ3) is 3.94. The summed E-state index contributed by atoms with van der Waals surface area (Å²) in [7, 11) is 1.94. The van der Waals surface area contributed by atoms with E-state index in [9.17, 15) is 4.79 Å². The summed E-state index contributed by atoms with van der Waals surface area (Å²) in [5.74, 6) is 0.812. The lowest BCUT2D eigenvalue weighted by Crippen LogP contribution is -2.19. The highest BCUT2D eigenvalue weighted by atomic mass is 32.2. The van der Waals surface area contributed by atoms with Crippen LogP contribution >= 0.6 is 11.8 Å². The predicted octanol–water partition coefficient (Wildman–Crippen LogP) is 2.13. The van der Waals surface area contributed by atoms with Crippen molar-refractivity contribution in [2.75, 3.05) is 12.8 Å². The average molecular weight is 275 g/mol. The first-order valence-electron chi connectivity index (χ1n) is 6.11. The predicted molar refractivity (Wildman–Crippen MR) is 78.6 cm³/mol. The van der Waals surface area contributed by atoms with Gasteiger partial charge in [-0.15, -0.1) is 0 Å². The van der Waals surface area contributed by atoms with Crippen LogP contribution in [0, 0.1) is 6.92 Å². The third-order valence-electron chi connectivity index (χ3n) is 2.86. The Balaban J connectivity index is 2.03. The van der Waals surface area contributed by atoms with E-state index in [0.29, 0.717) is 5.16 Å². The first kappa shape index (κ1) is 13.8. The Kier molecular flexibility index (Phi) is 4.76. The van der Waals surface area contributed by atoms with Crippen LogP contribution in [-0.2, 0) is 0 Å². The van der Waals surface area contributed by atoms with Gasteiger partial charge in [-0.3, -0.25) is 4.79 Å². The number of rotatable bonds is 5. The molecule has 100 valence electrons. The molecule has 0 amide bonds. The Bertz CT molecular complexity index is 580. The van der Waals surface area contributed by atoms with E-state index in [1.807, 2.05) is 7.05 Å². The van der Waals surface area contributed by atoms with Crippen LogP contribution in [0.25, 0.3) is 0 Å². The van der Waals surface area contributed by atoms with Crippen LogP contribution in [0.2, 0.25) is 0 Å². The van der Waals surface area contributed by atoms with E-state index in [1.165, 1.54) is 35.2 Å². The smallest absolute Gasteiger partial charge is 0.251 e.